The zero-order valence-electron chi connectivity index (χ0n) is 9.41. The van der Waals surface area contributed by atoms with Gasteiger partial charge in [0.15, 0.2) is 0 Å². The van der Waals surface area contributed by atoms with E-state index < -0.39 is 9.05 Å². The first-order valence-corrected chi connectivity index (χ1v) is 7.00. The molecule has 0 aliphatic rings. The largest absolute Gasteiger partial charge is 0.676 e. The van der Waals surface area contributed by atoms with Crippen LogP contribution in [0.5, 0.6) is 0 Å². The summed E-state index contributed by atoms with van der Waals surface area (Å²) in [6, 6.07) is 0. The van der Waals surface area contributed by atoms with Crippen LogP contribution in [0.15, 0.2) is 0 Å². The Morgan fingerprint density at radius 3 is 1.29 bits per heavy atom. The molecule has 0 amide bonds. The third-order valence-electron chi connectivity index (χ3n) is 1.47. The van der Waals surface area contributed by atoms with Crippen molar-refractivity contribution in [3.63, 3.8) is 0 Å². The summed E-state index contributed by atoms with van der Waals surface area (Å²) in [4.78, 5) is 9.88. The Labute approximate surface area is 87.7 Å². The van der Waals surface area contributed by atoms with E-state index in [4.69, 9.17) is 13.3 Å². The van der Waals surface area contributed by atoms with Gasteiger partial charge in [-0.15, -0.1) is 0 Å². The van der Waals surface area contributed by atoms with E-state index in [9.17, 15) is 4.80 Å². The van der Waals surface area contributed by atoms with Gasteiger partial charge in [-0.1, -0.05) is 20.8 Å². The van der Waals surface area contributed by atoms with Crippen LogP contribution in [-0.2, 0) is 13.3 Å². The maximum absolute atomic E-state index is 9.88. The molecule has 5 heteroatoms. The van der Waals surface area contributed by atoms with Gasteiger partial charge in [0.25, 0.3) is 0 Å². The molecule has 0 unspecified atom stereocenters. The first-order chi connectivity index (χ1) is 6.68. The fourth-order valence-corrected chi connectivity index (χ4v) is 2.45. The third kappa shape index (κ3) is 6.50. The number of hydrogen-bond donors (Lipinski definition) is 1. The maximum Gasteiger partial charge on any atom is 0.676 e. The SMILES string of the molecule is CCCO[Si](O)(OCCC)OCCC. The van der Waals surface area contributed by atoms with Crippen molar-refractivity contribution in [2.24, 2.45) is 0 Å². The van der Waals surface area contributed by atoms with Crippen molar-refractivity contribution in [2.45, 2.75) is 40.0 Å². The molecule has 0 atom stereocenters. The molecule has 0 aliphatic heterocycles. The van der Waals surface area contributed by atoms with E-state index in [2.05, 4.69) is 0 Å². The molecule has 0 radical (unpaired) electrons. The van der Waals surface area contributed by atoms with Crippen LogP contribution < -0.4 is 0 Å². The third-order valence-corrected chi connectivity index (χ3v) is 3.17. The molecule has 0 rings (SSSR count). The summed E-state index contributed by atoms with van der Waals surface area (Å²) >= 11 is 0. The van der Waals surface area contributed by atoms with Crippen molar-refractivity contribution in [1.82, 2.24) is 0 Å². The lowest BCUT2D eigenvalue weighted by molar-refractivity contribution is -0.00755. The normalized spacial score (nSPS) is 12.0. The monoisotopic (exact) mass is 222 g/mol. The Bertz CT molecular complexity index is 110. The predicted molar refractivity (Wildman–Crippen MR) is 56.7 cm³/mol. The van der Waals surface area contributed by atoms with Gasteiger partial charge in [-0.3, -0.25) is 0 Å². The molecule has 86 valence electrons. The Kier molecular flexibility index (Phi) is 8.41. The molecule has 0 bridgehead atoms. The lowest BCUT2D eigenvalue weighted by Crippen LogP contribution is -2.46. The fraction of sp³-hybridized carbons (Fsp3) is 1.00. The summed E-state index contributed by atoms with van der Waals surface area (Å²) in [6.45, 7) is 7.39. The van der Waals surface area contributed by atoms with Crippen molar-refractivity contribution in [2.75, 3.05) is 19.8 Å². The van der Waals surface area contributed by atoms with Crippen LogP contribution in [0.4, 0.5) is 0 Å². The molecule has 0 saturated heterocycles. The van der Waals surface area contributed by atoms with E-state index in [0.29, 0.717) is 19.8 Å². The summed E-state index contributed by atoms with van der Waals surface area (Å²) in [7, 11) is -3.31. The van der Waals surface area contributed by atoms with Crippen molar-refractivity contribution in [1.29, 1.82) is 0 Å². The van der Waals surface area contributed by atoms with Gasteiger partial charge >= 0.3 is 9.05 Å². The number of hydrogen-bond acceptors (Lipinski definition) is 4. The van der Waals surface area contributed by atoms with Crippen LogP contribution in [0.1, 0.15) is 40.0 Å². The molecule has 14 heavy (non-hydrogen) atoms. The second kappa shape index (κ2) is 8.37. The maximum atomic E-state index is 9.88. The lowest BCUT2D eigenvalue weighted by Gasteiger charge is -2.22. The quantitative estimate of drug-likeness (QED) is 0.603. The van der Waals surface area contributed by atoms with Gasteiger partial charge in [-0.25, -0.2) is 0 Å². The van der Waals surface area contributed by atoms with Crippen LogP contribution in [-0.4, -0.2) is 33.7 Å². The molecule has 0 saturated carbocycles. The molecule has 4 nitrogen and oxygen atoms in total. The molecule has 0 aromatic rings. The average Bonchev–Trinajstić information content (AvgIpc) is 2.21. The summed E-state index contributed by atoms with van der Waals surface area (Å²) in [6.07, 6.45) is 2.54. The smallest absolute Gasteiger partial charge is 0.367 e. The number of rotatable bonds is 9. The van der Waals surface area contributed by atoms with Crippen molar-refractivity contribution < 1.29 is 18.1 Å². The van der Waals surface area contributed by atoms with E-state index in [1.165, 1.54) is 0 Å². The van der Waals surface area contributed by atoms with Gasteiger partial charge in [0.1, 0.15) is 0 Å². The van der Waals surface area contributed by atoms with Crippen molar-refractivity contribution in [3.05, 3.63) is 0 Å². The minimum atomic E-state index is -3.31. The second-order valence-corrected chi connectivity index (χ2v) is 4.98. The van der Waals surface area contributed by atoms with Crippen molar-refractivity contribution in [3.8, 4) is 0 Å². The topological polar surface area (TPSA) is 47.9 Å². The minimum absolute atomic E-state index is 0.482. The zero-order chi connectivity index (χ0) is 10.9. The highest BCUT2D eigenvalue weighted by atomic mass is 28.4. The Morgan fingerprint density at radius 2 is 1.07 bits per heavy atom. The van der Waals surface area contributed by atoms with Crippen LogP contribution in [0, 0.1) is 0 Å². The van der Waals surface area contributed by atoms with Crippen molar-refractivity contribution >= 4 is 9.05 Å². The first-order valence-electron chi connectivity index (χ1n) is 5.32. The summed E-state index contributed by atoms with van der Waals surface area (Å²) in [5, 5.41) is 0. The van der Waals surface area contributed by atoms with E-state index in [-0.39, 0.29) is 0 Å². The highest BCUT2D eigenvalue weighted by molar-refractivity contribution is 6.51. The molecule has 0 spiro atoms. The van der Waals surface area contributed by atoms with Gasteiger partial charge in [0.05, 0.1) is 0 Å². The second-order valence-electron chi connectivity index (χ2n) is 3.07. The van der Waals surface area contributed by atoms with Gasteiger partial charge in [0, 0.05) is 19.8 Å². The van der Waals surface area contributed by atoms with Gasteiger partial charge in [-0.2, -0.15) is 0 Å². The van der Waals surface area contributed by atoms with Gasteiger partial charge in [-0.05, 0) is 19.3 Å². The van der Waals surface area contributed by atoms with E-state index in [1.54, 1.807) is 0 Å². The molecule has 0 aromatic carbocycles. The molecule has 0 heterocycles. The first kappa shape index (κ1) is 14.1. The standard InChI is InChI=1S/C9H22O4Si/c1-4-7-11-14(10,12-8-5-2)13-9-6-3/h10H,4-9H2,1-3H3. The van der Waals surface area contributed by atoms with E-state index in [1.807, 2.05) is 20.8 Å². The van der Waals surface area contributed by atoms with E-state index >= 15 is 0 Å². The Morgan fingerprint density at radius 1 is 0.786 bits per heavy atom. The Hall–Kier alpha value is 0.0569. The average molecular weight is 222 g/mol. The molecule has 0 fully saturated rings. The molecule has 0 aliphatic carbocycles. The Balaban J connectivity index is 3.89. The summed E-state index contributed by atoms with van der Waals surface area (Å²) < 4.78 is 15.7. The summed E-state index contributed by atoms with van der Waals surface area (Å²) in [5.41, 5.74) is 0. The molecular formula is C9H22O4Si. The van der Waals surface area contributed by atoms with Crippen LogP contribution >= 0.6 is 0 Å². The highest BCUT2D eigenvalue weighted by Crippen LogP contribution is 2.07. The predicted octanol–water partition coefficient (Wildman–Crippen LogP) is 1.69. The van der Waals surface area contributed by atoms with Crippen LogP contribution in [0.2, 0.25) is 0 Å². The lowest BCUT2D eigenvalue weighted by atomic mass is 10.5. The van der Waals surface area contributed by atoms with Gasteiger partial charge < -0.3 is 18.1 Å². The van der Waals surface area contributed by atoms with Gasteiger partial charge in [0.2, 0.25) is 0 Å². The van der Waals surface area contributed by atoms with Crippen LogP contribution in [0.3, 0.4) is 0 Å². The molecule has 0 aromatic heterocycles. The molecule has 1 N–H and O–H groups in total. The summed E-state index contributed by atoms with van der Waals surface area (Å²) in [5.74, 6) is 0. The minimum Gasteiger partial charge on any atom is -0.367 e. The van der Waals surface area contributed by atoms with Crippen LogP contribution in [0.25, 0.3) is 0 Å². The molecular weight excluding hydrogens is 200 g/mol. The zero-order valence-corrected chi connectivity index (χ0v) is 10.4. The fourth-order valence-electron chi connectivity index (χ4n) is 0.818. The van der Waals surface area contributed by atoms with E-state index in [0.717, 1.165) is 19.3 Å². The highest BCUT2D eigenvalue weighted by Gasteiger charge is 2.40.